The van der Waals surface area contributed by atoms with E-state index in [0.717, 1.165) is 45.8 Å². The van der Waals surface area contributed by atoms with Crippen LogP contribution in [-0.2, 0) is 9.47 Å². The zero-order valence-corrected chi connectivity index (χ0v) is 11.6. The number of ether oxygens (including phenoxy) is 2. The minimum Gasteiger partial charge on any atom is -0.385 e. The van der Waals surface area contributed by atoms with Crippen LogP contribution in [0, 0.1) is 0 Å². The molecule has 0 radical (unpaired) electrons. The van der Waals surface area contributed by atoms with Gasteiger partial charge in [-0.1, -0.05) is 0 Å². The average molecular weight is 244 g/mol. The van der Waals surface area contributed by atoms with Crippen molar-refractivity contribution in [1.82, 2.24) is 10.2 Å². The highest BCUT2D eigenvalue weighted by atomic mass is 16.5. The van der Waals surface area contributed by atoms with Gasteiger partial charge in [0.15, 0.2) is 0 Å². The molecule has 1 aliphatic rings. The van der Waals surface area contributed by atoms with Crippen LogP contribution in [-0.4, -0.2) is 63.5 Å². The minimum absolute atomic E-state index is 0.355. The van der Waals surface area contributed by atoms with Crippen molar-refractivity contribution in [2.45, 2.75) is 38.8 Å². The molecule has 0 aromatic carbocycles. The molecule has 1 fully saturated rings. The summed E-state index contributed by atoms with van der Waals surface area (Å²) in [6, 6.07) is 0.628. The quantitative estimate of drug-likeness (QED) is 0.649. The molecule has 1 aliphatic heterocycles. The number of nitrogens with one attached hydrogen (secondary N) is 1. The number of unbranched alkanes of at least 4 members (excludes halogenated alkanes) is 1. The van der Waals surface area contributed by atoms with Gasteiger partial charge in [-0.2, -0.15) is 0 Å². The second-order valence-corrected chi connectivity index (χ2v) is 4.99. The van der Waals surface area contributed by atoms with Crippen LogP contribution in [0.5, 0.6) is 0 Å². The van der Waals surface area contributed by atoms with Crippen LogP contribution in [0.15, 0.2) is 0 Å². The van der Waals surface area contributed by atoms with Gasteiger partial charge < -0.3 is 14.8 Å². The number of rotatable bonds is 8. The molecule has 0 saturated carbocycles. The first-order valence-corrected chi connectivity index (χ1v) is 6.79. The van der Waals surface area contributed by atoms with Crippen LogP contribution in [0.4, 0.5) is 0 Å². The summed E-state index contributed by atoms with van der Waals surface area (Å²) in [5, 5.41) is 3.47. The third-order valence-electron chi connectivity index (χ3n) is 3.22. The highest BCUT2D eigenvalue weighted by molar-refractivity contribution is 4.75. The smallest absolute Gasteiger partial charge is 0.0826 e. The molecule has 1 atom stereocenters. The Hall–Kier alpha value is -0.160. The summed E-state index contributed by atoms with van der Waals surface area (Å²) in [5.74, 6) is 0. The summed E-state index contributed by atoms with van der Waals surface area (Å²) >= 11 is 0. The van der Waals surface area contributed by atoms with Gasteiger partial charge in [-0.15, -0.1) is 0 Å². The van der Waals surface area contributed by atoms with Gasteiger partial charge in [0, 0.05) is 39.4 Å². The van der Waals surface area contributed by atoms with Gasteiger partial charge in [-0.3, -0.25) is 4.90 Å². The molecule has 1 heterocycles. The zero-order chi connectivity index (χ0) is 12.5. The Bertz CT molecular complexity index is 188. The summed E-state index contributed by atoms with van der Waals surface area (Å²) in [7, 11) is 1.75. The van der Waals surface area contributed by atoms with E-state index in [-0.39, 0.29) is 0 Å². The lowest BCUT2D eigenvalue weighted by atomic mass is 10.2. The third-order valence-corrected chi connectivity index (χ3v) is 3.22. The van der Waals surface area contributed by atoms with E-state index in [4.69, 9.17) is 9.47 Å². The zero-order valence-electron chi connectivity index (χ0n) is 11.6. The molecule has 1 N–H and O–H groups in total. The first-order chi connectivity index (χ1) is 8.24. The van der Waals surface area contributed by atoms with Gasteiger partial charge in [0.25, 0.3) is 0 Å². The summed E-state index contributed by atoms with van der Waals surface area (Å²) in [6.45, 7) is 10.4. The average Bonchev–Trinajstić information content (AvgIpc) is 2.34. The maximum absolute atomic E-state index is 5.76. The van der Waals surface area contributed by atoms with Crippen molar-refractivity contribution < 1.29 is 9.47 Å². The van der Waals surface area contributed by atoms with Crippen molar-refractivity contribution in [2.24, 2.45) is 0 Å². The summed E-state index contributed by atoms with van der Waals surface area (Å²) in [5.41, 5.74) is 0. The molecule has 1 rings (SSSR count). The molecule has 17 heavy (non-hydrogen) atoms. The van der Waals surface area contributed by atoms with E-state index in [1.165, 1.54) is 6.42 Å². The number of nitrogens with zero attached hydrogens (tertiary/aromatic N) is 1. The van der Waals surface area contributed by atoms with Gasteiger partial charge in [0.2, 0.25) is 0 Å². The van der Waals surface area contributed by atoms with Crippen LogP contribution in [0.25, 0.3) is 0 Å². The van der Waals surface area contributed by atoms with E-state index in [9.17, 15) is 0 Å². The minimum atomic E-state index is 0.355. The summed E-state index contributed by atoms with van der Waals surface area (Å²) in [6.07, 6.45) is 2.66. The lowest BCUT2D eigenvalue weighted by molar-refractivity contribution is -0.0370. The lowest BCUT2D eigenvalue weighted by Crippen LogP contribution is -2.49. The molecular weight excluding hydrogens is 216 g/mol. The monoisotopic (exact) mass is 244 g/mol. The van der Waals surface area contributed by atoms with E-state index in [2.05, 4.69) is 24.1 Å². The lowest BCUT2D eigenvalue weighted by Gasteiger charge is -2.35. The van der Waals surface area contributed by atoms with E-state index < -0.39 is 0 Å². The predicted octanol–water partition coefficient (Wildman–Crippen LogP) is 1.11. The Kier molecular flexibility index (Phi) is 7.77. The van der Waals surface area contributed by atoms with Crippen molar-refractivity contribution in [1.29, 1.82) is 0 Å². The van der Waals surface area contributed by atoms with Crippen molar-refractivity contribution in [3.8, 4) is 0 Å². The molecule has 0 bridgehead atoms. The standard InChI is InChI=1S/C13H28N2O2/c1-12(2)15-7-9-17-13(11-15)10-14-6-4-5-8-16-3/h12-14H,4-11H2,1-3H3. The molecule has 0 aromatic heterocycles. The van der Waals surface area contributed by atoms with Gasteiger partial charge in [-0.05, 0) is 33.2 Å². The van der Waals surface area contributed by atoms with Crippen LogP contribution < -0.4 is 5.32 Å². The number of hydrogen-bond donors (Lipinski definition) is 1. The highest BCUT2D eigenvalue weighted by Gasteiger charge is 2.21. The summed E-state index contributed by atoms with van der Waals surface area (Å²) < 4.78 is 10.8. The van der Waals surface area contributed by atoms with Gasteiger partial charge in [0.1, 0.15) is 0 Å². The predicted molar refractivity (Wildman–Crippen MR) is 70.4 cm³/mol. The number of morpholine rings is 1. The Balaban J connectivity index is 2.02. The van der Waals surface area contributed by atoms with Crippen molar-refractivity contribution in [3.05, 3.63) is 0 Å². The van der Waals surface area contributed by atoms with E-state index in [1.807, 2.05) is 0 Å². The molecule has 0 spiro atoms. The van der Waals surface area contributed by atoms with E-state index in [1.54, 1.807) is 7.11 Å². The molecule has 0 aliphatic carbocycles. The topological polar surface area (TPSA) is 33.7 Å². The summed E-state index contributed by atoms with van der Waals surface area (Å²) in [4.78, 5) is 2.49. The fraction of sp³-hybridized carbons (Fsp3) is 1.00. The third kappa shape index (κ3) is 6.36. The second-order valence-electron chi connectivity index (χ2n) is 4.99. The maximum Gasteiger partial charge on any atom is 0.0826 e. The van der Waals surface area contributed by atoms with Crippen LogP contribution in [0.2, 0.25) is 0 Å². The SMILES string of the molecule is COCCCCNCC1CN(C(C)C)CCO1. The molecular formula is C13H28N2O2. The van der Waals surface area contributed by atoms with Crippen LogP contribution in [0.3, 0.4) is 0 Å². The Morgan fingerprint density at radius 2 is 2.24 bits per heavy atom. The maximum atomic E-state index is 5.76. The second kappa shape index (κ2) is 8.86. The molecule has 1 unspecified atom stereocenters. The van der Waals surface area contributed by atoms with Gasteiger partial charge >= 0.3 is 0 Å². The van der Waals surface area contributed by atoms with Crippen LogP contribution >= 0.6 is 0 Å². The van der Waals surface area contributed by atoms with Crippen LogP contribution in [0.1, 0.15) is 26.7 Å². The first kappa shape index (κ1) is 14.9. The molecule has 4 nitrogen and oxygen atoms in total. The fourth-order valence-corrected chi connectivity index (χ4v) is 2.09. The Morgan fingerprint density at radius 3 is 2.94 bits per heavy atom. The molecule has 4 heteroatoms. The van der Waals surface area contributed by atoms with Gasteiger partial charge in [-0.25, -0.2) is 0 Å². The molecule has 1 saturated heterocycles. The Labute approximate surface area is 106 Å². The van der Waals surface area contributed by atoms with E-state index in [0.29, 0.717) is 12.1 Å². The van der Waals surface area contributed by atoms with Crippen molar-refractivity contribution in [3.63, 3.8) is 0 Å². The largest absolute Gasteiger partial charge is 0.385 e. The van der Waals surface area contributed by atoms with Gasteiger partial charge in [0.05, 0.1) is 12.7 Å². The van der Waals surface area contributed by atoms with Crippen molar-refractivity contribution >= 4 is 0 Å². The Morgan fingerprint density at radius 1 is 1.41 bits per heavy atom. The van der Waals surface area contributed by atoms with Crippen molar-refractivity contribution in [2.75, 3.05) is 46.5 Å². The molecule has 102 valence electrons. The van der Waals surface area contributed by atoms with E-state index >= 15 is 0 Å². The number of methoxy groups -OCH3 is 1. The molecule has 0 amide bonds. The highest BCUT2D eigenvalue weighted by Crippen LogP contribution is 2.07. The number of hydrogen-bond acceptors (Lipinski definition) is 4. The fourth-order valence-electron chi connectivity index (χ4n) is 2.09. The normalized spacial score (nSPS) is 22.2. The first-order valence-electron chi connectivity index (χ1n) is 6.79. The molecule has 0 aromatic rings.